The summed E-state index contributed by atoms with van der Waals surface area (Å²) in [5.41, 5.74) is 0.154. The number of hydrogen-bond donors (Lipinski definition) is 2. The first-order valence-corrected chi connectivity index (χ1v) is 5.39. The van der Waals surface area contributed by atoms with Gasteiger partial charge in [-0.2, -0.15) is 0 Å². The summed E-state index contributed by atoms with van der Waals surface area (Å²) in [4.78, 5) is 21.4. The molecule has 5 heteroatoms. The number of amides is 1. The van der Waals surface area contributed by atoms with Crippen LogP contribution in [0.1, 0.15) is 32.6 Å². The highest BCUT2D eigenvalue weighted by Crippen LogP contribution is 2.00. The van der Waals surface area contributed by atoms with E-state index in [4.69, 9.17) is 9.84 Å². The lowest BCUT2D eigenvalue weighted by molar-refractivity contribution is -0.132. The first-order chi connectivity index (χ1) is 7.57. The van der Waals surface area contributed by atoms with Crippen molar-refractivity contribution in [3.05, 3.63) is 12.2 Å². The Labute approximate surface area is 95.5 Å². The second kappa shape index (κ2) is 8.76. The number of nitrogens with one attached hydrogen (secondary N) is 1. The molecule has 0 aromatic carbocycles. The van der Waals surface area contributed by atoms with E-state index in [0.717, 1.165) is 12.8 Å². The zero-order valence-electron chi connectivity index (χ0n) is 9.62. The predicted molar refractivity (Wildman–Crippen MR) is 60.3 cm³/mol. The van der Waals surface area contributed by atoms with Crippen molar-refractivity contribution in [3.63, 3.8) is 0 Å². The molecule has 0 fully saturated rings. The number of alkyl carbamates (subject to hydrolysis) is 1. The van der Waals surface area contributed by atoms with Gasteiger partial charge < -0.3 is 15.2 Å². The van der Waals surface area contributed by atoms with Crippen LogP contribution in [0.3, 0.4) is 0 Å². The van der Waals surface area contributed by atoms with Crippen LogP contribution >= 0.6 is 0 Å². The quantitative estimate of drug-likeness (QED) is 0.492. The number of carbonyl (C=O) groups is 2. The molecule has 1 amide bonds. The molecule has 0 aliphatic rings. The van der Waals surface area contributed by atoms with Gasteiger partial charge >= 0.3 is 12.1 Å². The molecule has 0 atom stereocenters. The molecule has 0 heterocycles. The third-order valence-corrected chi connectivity index (χ3v) is 1.96. The minimum absolute atomic E-state index is 0.154. The molecule has 0 saturated carbocycles. The number of aliphatic carboxylic acids is 1. The first kappa shape index (κ1) is 14.5. The standard InChI is InChI=1S/C11H19NO4/c1-3-4-8-16-11(15)12-7-5-6-9(2)10(13)14/h2-8H2,1H3,(H,12,15)(H,13,14). The summed E-state index contributed by atoms with van der Waals surface area (Å²) >= 11 is 0. The average Bonchev–Trinajstić information content (AvgIpc) is 2.24. The Morgan fingerprint density at radius 2 is 2.06 bits per heavy atom. The predicted octanol–water partition coefficient (Wildman–Crippen LogP) is 1.93. The Morgan fingerprint density at radius 3 is 2.62 bits per heavy atom. The Morgan fingerprint density at radius 1 is 1.38 bits per heavy atom. The number of unbranched alkanes of at least 4 members (excludes halogenated alkanes) is 1. The van der Waals surface area contributed by atoms with Gasteiger partial charge in [0.2, 0.25) is 0 Å². The highest BCUT2D eigenvalue weighted by Gasteiger charge is 2.04. The molecule has 0 bridgehead atoms. The number of rotatable bonds is 8. The Hall–Kier alpha value is -1.52. The fourth-order valence-corrected chi connectivity index (χ4v) is 0.959. The molecule has 0 aromatic rings. The molecule has 0 rings (SSSR count). The van der Waals surface area contributed by atoms with Crippen LogP contribution in [-0.2, 0) is 9.53 Å². The molecule has 16 heavy (non-hydrogen) atoms. The lowest BCUT2D eigenvalue weighted by atomic mass is 10.2. The molecule has 0 unspecified atom stereocenters. The molecule has 0 aromatic heterocycles. The Bertz CT molecular complexity index is 250. The smallest absolute Gasteiger partial charge is 0.407 e. The molecular weight excluding hydrogens is 210 g/mol. The maximum Gasteiger partial charge on any atom is 0.407 e. The van der Waals surface area contributed by atoms with Crippen molar-refractivity contribution in [2.75, 3.05) is 13.2 Å². The second-order valence-electron chi connectivity index (χ2n) is 3.43. The average molecular weight is 229 g/mol. The Balaban J connectivity index is 3.41. The SMILES string of the molecule is C=C(CCCNC(=O)OCCCC)C(=O)O. The zero-order valence-corrected chi connectivity index (χ0v) is 9.62. The van der Waals surface area contributed by atoms with Crippen molar-refractivity contribution in [2.24, 2.45) is 0 Å². The van der Waals surface area contributed by atoms with Crippen LogP contribution < -0.4 is 5.32 Å². The summed E-state index contributed by atoms with van der Waals surface area (Å²) in [7, 11) is 0. The van der Waals surface area contributed by atoms with E-state index in [1.165, 1.54) is 0 Å². The molecule has 0 radical (unpaired) electrons. The van der Waals surface area contributed by atoms with Crippen molar-refractivity contribution in [1.82, 2.24) is 5.32 Å². The second-order valence-corrected chi connectivity index (χ2v) is 3.43. The molecule has 0 spiro atoms. The van der Waals surface area contributed by atoms with Gasteiger partial charge in [-0.25, -0.2) is 9.59 Å². The van der Waals surface area contributed by atoms with E-state index < -0.39 is 12.1 Å². The number of carboxylic acids is 1. The maximum atomic E-state index is 11.0. The minimum atomic E-state index is -0.995. The van der Waals surface area contributed by atoms with Crippen LogP contribution in [0.2, 0.25) is 0 Å². The third kappa shape index (κ3) is 7.84. The van der Waals surface area contributed by atoms with Gasteiger partial charge in [0.1, 0.15) is 0 Å². The zero-order chi connectivity index (χ0) is 12.4. The fraction of sp³-hybridized carbons (Fsp3) is 0.636. The number of carboxylic acid groups (broad SMARTS) is 1. The summed E-state index contributed by atoms with van der Waals surface area (Å²) in [5, 5.41) is 11.1. The summed E-state index contributed by atoms with van der Waals surface area (Å²) in [6.07, 6.45) is 2.29. The Kier molecular flexibility index (Phi) is 7.93. The van der Waals surface area contributed by atoms with Gasteiger partial charge in [-0.05, 0) is 19.3 Å². The van der Waals surface area contributed by atoms with Gasteiger partial charge in [-0.3, -0.25) is 0 Å². The summed E-state index contributed by atoms with van der Waals surface area (Å²) in [6.45, 7) is 6.22. The number of carbonyl (C=O) groups excluding carboxylic acids is 1. The van der Waals surface area contributed by atoms with Crippen LogP contribution in [-0.4, -0.2) is 30.3 Å². The van der Waals surface area contributed by atoms with E-state index in [1.54, 1.807) is 0 Å². The van der Waals surface area contributed by atoms with E-state index in [1.807, 2.05) is 6.92 Å². The third-order valence-electron chi connectivity index (χ3n) is 1.96. The van der Waals surface area contributed by atoms with Crippen molar-refractivity contribution in [2.45, 2.75) is 32.6 Å². The van der Waals surface area contributed by atoms with Gasteiger partial charge in [0.25, 0.3) is 0 Å². The van der Waals surface area contributed by atoms with E-state index in [0.29, 0.717) is 26.0 Å². The minimum Gasteiger partial charge on any atom is -0.478 e. The van der Waals surface area contributed by atoms with Gasteiger partial charge in [-0.1, -0.05) is 19.9 Å². The molecule has 0 aliphatic carbocycles. The summed E-state index contributed by atoms with van der Waals surface area (Å²) in [6, 6.07) is 0. The van der Waals surface area contributed by atoms with Crippen LogP contribution in [0.4, 0.5) is 4.79 Å². The number of ether oxygens (including phenoxy) is 1. The maximum absolute atomic E-state index is 11.0. The monoisotopic (exact) mass is 229 g/mol. The van der Waals surface area contributed by atoms with Crippen LogP contribution in [0.15, 0.2) is 12.2 Å². The molecule has 92 valence electrons. The largest absolute Gasteiger partial charge is 0.478 e. The molecule has 2 N–H and O–H groups in total. The highest BCUT2D eigenvalue weighted by molar-refractivity contribution is 5.85. The van der Waals surface area contributed by atoms with Crippen molar-refractivity contribution in [1.29, 1.82) is 0 Å². The van der Waals surface area contributed by atoms with E-state index >= 15 is 0 Å². The van der Waals surface area contributed by atoms with Crippen LogP contribution in [0.5, 0.6) is 0 Å². The van der Waals surface area contributed by atoms with Gasteiger partial charge in [0.15, 0.2) is 0 Å². The van der Waals surface area contributed by atoms with E-state index in [-0.39, 0.29) is 5.57 Å². The normalized spacial score (nSPS) is 9.56. The van der Waals surface area contributed by atoms with Crippen LogP contribution in [0.25, 0.3) is 0 Å². The van der Waals surface area contributed by atoms with Gasteiger partial charge in [0.05, 0.1) is 6.61 Å². The molecule has 5 nitrogen and oxygen atoms in total. The van der Waals surface area contributed by atoms with Crippen molar-refractivity contribution >= 4 is 12.1 Å². The van der Waals surface area contributed by atoms with Crippen LogP contribution in [0, 0.1) is 0 Å². The molecular formula is C11H19NO4. The topological polar surface area (TPSA) is 75.6 Å². The lowest BCUT2D eigenvalue weighted by Crippen LogP contribution is -2.25. The highest BCUT2D eigenvalue weighted by atomic mass is 16.5. The lowest BCUT2D eigenvalue weighted by Gasteiger charge is -2.06. The van der Waals surface area contributed by atoms with E-state index in [2.05, 4.69) is 11.9 Å². The summed E-state index contributed by atoms with van der Waals surface area (Å²) in [5.74, 6) is -0.995. The van der Waals surface area contributed by atoms with Gasteiger partial charge in [-0.15, -0.1) is 0 Å². The number of hydrogen-bond acceptors (Lipinski definition) is 3. The van der Waals surface area contributed by atoms with Crippen molar-refractivity contribution < 1.29 is 19.4 Å². The van der Waals surface area contributed by atoms with Crippen molar-refractivity contribution in [3.8, 4) is 0 Å². The molecule has 0 aliphatic heterocycles. The summed E-state index contributed by atoms with van der Waals surface area (Å²) < 4.78 is 4.85. The fourth-order valence-electron chi connectivity index (χ4n) is 0.959. The molecule has 0 saturated heterocycles. The first-order valence-electron chi connectivity index (χ1n) is 5.39. The van der Waals surface area contributed by atoms with E-state index in [9.17, 15) is 9.59 Å². The van der Waals surface area contributed by atoms with Gasteiger partial charge in [0, 0.05) is 12.1 Å².